The lowest BCUT2D eigenvalue weighted by Crippen LogP contribution is -2.43. The summed E-state index contributed by atoms with van der Waals surface area (Å²) in [6, 6.07) is -0.371. The Bertz CT molecular complexity index is 220. The molecule has 3 amide bonds. The summed E-state index contributed by atoms with van der Waals surface area (Å²) < 4.78 is 0. The largest absolute Gasteiger partial charge is 0.325 e. The first-order chi connectivity index (χ1) is 6.15. The van der Waals surface area contributed by atoms with E-state index in [4.69, 9.17) is 11.6 Å². The van der Waals surface area contributed by atoms with Gasteiger partial charge in [-0.3, -0.25) is 9.69 Å². The van der Waals surface area contributed by atoms with Gasteiger partial charge in [-0.05, 0) is 12.8 Å². The molecule has 1 atom stereocenters. The highest BCUT2D eigenvalue weighted by Gasteiger charge is 2.26. The van der Waals surface area contributed by atoms with Crippen molar-refractivity contribution in [2.45, 2.75) is 31.7 Å². The van der Waals surface area contributed by atoms with Gasteiger partial charge < -0.3 is 5.32 Å². The lowest BCUT2D eigenvalue weighted by molar-refractivity contribution is -0.125. The molecule has 5 heteroatoms. The lowest BCUT2D eigenvalue weighted by atomic mass is 10.4. The topological polar surface area (TPSA) is 49.4 Å². The first-order valence-electron chi connectivity index (χ1n) is 4.40. The van der Waals surface area contributed by atoms with E-state index in [1.807, 2.05) is 6.92 Å². The maximum atomic E-state index is 11.3. The second-order valence-corrected chi connectivity index (χ2v) is 3.50. The monoisotopic (exact) mass is 204 g/mol. The molecule has 1 aliphatic heterocycles. The van der Waals surface area contributed by atoms with Crippen molar-refractivity contribution in [1.82, 2.24) is 10.2 Å². The minimum atomic E-state index is -0.388. The van der Waals surface area contributed by atoms with Crippen LogP contribution < -0.4 is 5.32 Å². The summed E-state index contributed by atoms with van der Waals surface area (Å²) in [6.45, 7) is 2.38. The molecule has 0 spiro atoms. The average molecular weight is 205 g/mol. The molecule has 1 heterocycles. The minimum Gasteiger partial charge on any atom is -0.321 e. The van der Waals surface area contributed by atoms with Gasteiger partial charge in [0.1, 0.15) is 5.50 Å². The number of urea groups is 1. The van der Waals surface area contributed by atoms with E-state index in [0.717, 1.165) is 6.42 Å². The van der Waals surface area contributed by atoms with Crippen molar-refractivity contribution in [2.75, 3.05) is 6.54 Å². The van der Waals surface area contributed by atoms with E-state index in [2.05, 4.69) is 5.32 Å². The number of nitrogens with zero attached hydrogens (tertiary/aromatic N) is 1. The van der Waals surface area contributed by atoms with Gasteiger partial charge in [-0.2, -0.15) is 0 Å². The van der Waals surface area contributed by atoms with Crippen LogP contribution in [0, 0.1) is 0 Å². The second-order valence-electron chi connectivity index (χ2n) is 2.97. The number of amides is 3. The van der Waals surface area contributed by atoms with E-state index in [0.29, 0.717) is 19.4 Å². The summed E-state index contributed by atoms with van der Waals surface area (Å²) in [5.74, 6) is -0.113. The predicted octanol–water partition coefficient (Wildman–Crippen LogP) is 1.29. The van der Waals surface area contributed by atoms with Crippen LogP contribution in [-0.2, 0) is 4.79 Å². The fourth-order valence-electron chi connectivity index (χ4n) is 1.18. The quantitative estimate of drug-likeness (QED) is 0.545. The third-order valence-corrected chi connectivity index (χ3v) is 2.37. The van der Waals surface area contributed by atoms with Gasteiger partial charge in [0, 0.05) is 13.0 Å². The minimum absolute atomic E-state index is 0.113. The first-order valence-corrected chi connectivity index (χ1v) is 4.83. The maximum Gasteiger partial charge on any atom is 0.325 e. The van der Waals surface area contributed by atoms with Crippen LogP contribution in [0.25, 0.3) is 0 Å². The maximum absolute atomic E-state index is 11.3. The number of carbonyl (C=O) groups is 2. The van der Waals surface area contributed by atoms with E-state index in [-0.39, 0.29) is 17.4 Å². The van der Waals surface area contributed by atoms with Crippen molar-refractivity contribution in [1.29, 1.82) is 0 Å². The zero-order valence-corrected chi connectivity index (χ0v) is 8.30. The lowest BCUT2D eigenvalue weighted by Gasteiger charge is -2.16. The van der Waals surface area contributed by atoms with Gasteiger partial charge in [-0.25, -0.2) is 4.79 Å². The number of halogens is 1. The zero-order valence-electron chi connectivity index (χ0n) is 7.55. The molecule has 1 unspecified atom stereocenters. The van der Waals surface area contributed by atoms with Gasteiger partial charge in [0.2, 0.25) is 5.91 Å². The molecule has 4 nitrogen and oxygen atoms in total. The number of rotatable bonds is 2. The van der Waals surface area contributed by atoms with Gasteiger partial charge in [0.05, 0.1) is 0 Å². The van der Waals surface area contributed by atoms with Gasteiger partial charge in [0.15, 0.2) is 0 Å². The van der Waals surface area contributed by atoms with E-state index < -0.39 is 0 Å². The Labute approximate surface area is 82.2 Å². The molecule has 1 fully saturated rings. The second kappa shape index (κ2) is 4.46. The van der Waals surface area contributed by atoms with Crippen LogP contribution in [0.1, 0.15) is 26.2 Å². The Kier molecular flexibility index (Phi) is 3.54. The van der Waals surface area contributed by atoms with E-state index >= 15 is 0 Å². The first kappa shape index (κ1) is 10.3. The molecule has 0 aromatic rings. The molecule has 0 bridgehead atoms. The van der Waals surface area contributed by atoms with Crippen molar-refractivity contribution in [3.63, 3.8) is 0 Å². The third kappa shape index (κ3) is 2.59. The zero-order chi connectivity index (χ0) is 9.84. The number of nitrogens with one attached hydrogen (secondary N) is 1. The van der Waals surface area contributed by atoms with E-state index in [1.165, 1.54) is 4.90 Å². The molecule has 1 aliphatic rings. The summed E-state index contributed by atoms with van der Waals surface area (Å²) >= 11 is 5.72. The van der Waals surface area contributed by atoms with Crippen molar-refractivity contribution >= 4 is 23.5 Å². The van der Waals surface area contributed by atoms with Gasteiger partial charge in [-0.15, -0.1) is 0 Å². The van der Waals surface area contributed by atoms with Crippen LogP contribution in [0.3, 0.4) is 0 Å². The highest BCUT2D eigenvalue weighted by molar-refractivity contribution is 6.21. The molecule has 0 aromatic carbocycles. The summed E-state index contributed by atoms with van der Waals surface area (Å²) in [5, 5.41) is 2.53. The van der Waals surface area contributed by atoms with Gasteiger partial charge in [0.25, 0.3) is 0 Å². The molecule has 0 aliphatic carbocycles. The van der Waals surface area contributed by atoms with Crippen molar-refractivity contribution in [3.8, 4) is 0 Å². The standard InChI is InChI=1S/C8H13ClN2O2/c1-2-6(9)10-8(13)11-5-3-4-7(11)12/h6H,2-5H2,1H3,(H,10,13). The molecular formula is C8H13ClN2O2. The Hall–Kier alpha value is -0.770. The molecular weight excluding hydrogens is 192 g/mol. The fourth-order valence-corrected chi connectivity index (χ4v) is 1.27. The molecule has 0 radical (unpaired) electrons. The molecule has 1 N–H and O–H groups in total. The third-order valence-electron chi connectivity index (χ3n) is 1.96. The van der Waals surface area contributed by atoms with Crippen LogP contribution >= 0.6 is 11.6 Å². The number of alkyl halides is 1. The molecule has 0 aromatic heterocycles. The van der Waals surface area contributed by atoms with Crippen LogP contribution in [0.2, 0.25) is 0 Å². The van der Waals surface area contributed by atoms with Gasteiger partial charge in [-0.1, -0.05) is 18.5 Å². The summed E-state index contributed by atoms with van der Waals surface area (Å²) in [5.41, 5.74) is -0.388. The Morgan fingerprint density at radius 1 is 1.77 bits per heavy atom. The van der Waals surface area contributed by atoms with Crippen LogP contribution in [-0.4, -0.2) is 28.9 Å². The highest BCUT2D eigenvalue weighted by atomic mass is 35.5. The Morgan fingerprint density at radius 2 is 2.46 bits per heavy atom. The SMILES string of the molecule is CCC(Cl)NC(=O)N1CCCC1=O. The molecule has 13 heavy (non-hydrogen) atoms. The predicted molar refractivity (Wildman–Crippen MR) is 49.4 cm³/mol. The van der Waals surface area contributed by atoms with Crippen molar-refractivity contribution in [3.05, 3.63) is 0 Å². The molecule has 74 valence electrons. The van der Waals surface area contributed by atoms with Crippen molar-refractivity contribution < 1.29 is 9.59 Å². The molecule has 1 rings (SSSR count). The number of hydrogen-bond acceptors (Lipinski definition) is 2. The smallest absolute Gasteiger partial charge is 0.321 e. The highest BCUT2D eigenvalue weighted by Crippen LogP contribution is 2.10. The molecule has 1 saturated heterocycles. The number of likely N-dealkylation sites (tertiary alicyclic amines) is 1. The Morgan fingerprint density at radius 3 is 2.92 bits per heavy atom. The van der Waals surface area contributed by atoms with Crippen LogP contribution in [0.15, 0.2) is 0 Å². The fraction of sp³-hybridized carbons (Fsp3) is 0.750. The average Bonchev–Trinajstić information content (AvgIpc) is 2.51. The van der Waals surface area contributed by atoms with Gasteiger partial charge >= 0.3 is 6.03 Å². The van der Waals surface area contributed by atoms with E-state index in [1.54, 1.807) is 0 Å². The number of carbonyl (C=O) groups excluding carboxylic acids is 2. The summed E-state index contributed by atoms with van der Waals surface area (Å²) in [4.78, 5) is 23.7. The Balaban J connectivity index is 2.43. The number of imide groups is 1. The van der Waals surface area contributed by atoms with E-state index in [9.17, 15) is 9.59 Å². The normalized spacial score (nSPS) is 18.9. The van der Waals surface area contributed by atoms with Crippen LogP contribution in [0.5, 0.6) is 0 Å². The number of hydrogen-bond donors (Lipinski definition) is 1. The molecule has 0 saturated carbocycles. The summed E-state index contributed by atoms with van der Waals surface area (Å²) in [6.07, 6.45) is 1.87. The van der Waals surface area contributed by atoms with Crippen molar-refractivity contribution in [2.24, 2.45) is 0 Å². The summed E-state index contributed by atoms with van der Waals surface area (Å²) in [7, 11) is 0. The van der Waals surface area contributed by atoms with Crippen LogP contribution in [0.4, 0.5) is 4.79 Å².